The van der Waals surface area contributed by atoms with E-state index in [0.717, 1.165) is 0 Å². The highest BCUT2D eigenvalue weighted by Crippen LogP contribution is 2.16. The first kappa shape index (κ1) is 14.1. The Morgan fingerprint density at radius 3 is 2.67 bits per heavy atom. The average Bonchev–Trinajstić information content (AvgIpc) is 2.22. The molecule has 1 aromatic rings. The number of ether oxygens (including phenoxy) is 1. The number of aryl methyl sites for hydroxylation is 2. The number of alkyl halides is 3. The van der Waals surface area contributed by atoms with E-state index in [1.54, 1.807) is 6.92 Å². The minimum atomic E-state index is -4.57. The monoisotopic (exact) mass is 264 g/mol. The van der Waals surface area contributed by atoms with E-state index >= 15 is 0 Å². The molecule has 1 aromatic heterocycles. The highest BCUT2D eigenvalue weighted by molar-refractivity contribution is 5.85. The molecule has 18 heavy (non-hydrogen) atoms. The lowest BCUT2D eigenvalue weighted by atomic mass is 10.2. The van der Waals surface area contributed by atoms with Crippen LogP contribution in [0.1, 0.15) is 5.56 Å². The number of halogens is 3. The van der Waals surface area contributed by atoms with E-state index in [4.69, 9.17) is 0 Å². The summed E-state index contributed by atoms with van der Waals surface area (Å²) in [5.41, 5.74) is 0.355. The molecule has 0 aromatic carbocycles. The first-order chi connectivity index (χ1) is 8.19. The van der Waals surface area contributed by atoms with Crippen LogP contribution in [0.25, 0.3) is 0 Å². The SMILES string of the molecule is Cc1cc(=O)n(C)cc1NC(=O)OCC(F)(F)F. The van der Waals surface area contributed by atoms with Gasteiger partial charge in [-0.05, 0) is 12.5 Å². The van der Waals surface area contributed by atoms with Crippen molar-refractivity contribution in [3.8, 4) is 0 Å². The zero-order valence-electron chi connectivity index (χ0n) is 9.67. The van der Waals surface area contributed by atoms with Crippen LogP contribution >= 0.6 is 0 Å². The molecule has 1 heterocycles. The first-order valence-corrected chi connectivity index (χ1v) is 4.87. The smallest absolute Gasteiger partial charge is 0.422 e. The van der Waals surface area contributed by atoms with Gasteiger partial charge in [0.15, 0.2) is 6.61 Å². The number of nitrogens with zero attached hydrogens (tertiary/aromatic N) is 1. The molecule has 8 heteroatoms. The first-order valence-electron chi connectivity index (χ1n) is 4.87. The van der Waals surface area contributed by atoms with Crippen LogP contribution in [0.2, 0.25) is 0 Å². The zero-order valence-corrected chi connectivity index (χ0v) is 9.67. The van der Waals surface area contributed by atoms with Crippen LogP contribution in [-0.2, 0) is 11.8 Å². The molecular weight excluding hydrogens is 253 g/mol. The molecule has 0 saturated heterocycles. The topological polar surface area (TPSA) is 60.3 Å². The molecule has 0 unspecified atom stereocenters. The van der Waals surface area contributed by atoms with E-state index in [9.17, 15) is 22.8 Å². The van der Waals surface area contributed by atoms with Gasteiger partial charge in [0.2, 0.25) is 0 Å². The quantitative estimate of drug-likeness (QED) is 0.886. The number of carbonyl (C=O) groups is 1. The third-order valence-corrected chi connectivity index (χ3v) is 2.04. The Morgan fingerprint density at radius 2 is 2.11 bits per heavy atom. The molecule has 0 spiro atoms. The van der Waals surface area contributed by atoms with Crippen LogP contribution in [0.15, 0.2) is 17.1 Å². The van der Waals surface area contributed by atoms with Crippen LogP contribution in [-0.4, -0.2) is 23.4 Å². The summed E-state index contributed by atoms with van der Waals surface area (Å²) in [5, 5.41) is 2.13. The molecule has 1 N–H and O–H groups in total. The van der Waals surface area contributed by atoms with Crippen LogP contribution in [0.5, 0.6) is 0 Å². The third-order valence-electron chi connectivity index (χ3n) is 2.04. The average molecular weight is 264 g/mol. The second-order valence-corrected chi connectivity index (χ2v) is 3.64. The maximum atomic E-state index is 11.8. The Labute approximate surface area is 100 Å². The summed E-state index contributed by atoms with van der Waals surface area (Å²) in [4.78, 5) is 22.3. The number of rotatable bonds is 2. The van der Waals surface area contributed by atoms with E-state index in [-0.39, 0.29) is 11.2 Å². The maximum Gasteiger partial charge on any atom is 0.422 e. The molecule has 1 amide bonds. The molecular formula is C10H11F3N2O3. The van der Waals surface area contributed by atoms with Crippen LogP contribution in [0.4, 0.5) is 23.7 Å². The number of hydrogen-bond acceptors (Lipinski definition) is 3. The van der Waals surface area contributed by atoms with Gasteiger partial charge in [0.25, 0.3) is 5.56 Å². The second kappa shape index (κ2) is 5.11. The van der Waals surface area contributed by atoms with Crippen molar-refractivity contribution >= 4 is 11.8 Å². The minimum absolute atomic E-state index is 0.212. The van der Waals surface area contributed by atoms with E-state index in [2.05, 4.69) is 10.1 Å². The predicted molar refractivity (Wildman–Crippen MR) is 57.4 cm³/mol. The Balaban J connectivity index is 2.71. The summed E-state index contributed by atoms with van der Waals surface area (Å²) in [6.07, 6.45) is -4.50. The summed E-state index contributed by atoms with van der Waals surface area (Å²) >= 11 is 0. The molecule has 0 radical (unpaired) electrons. The van der Waals surface area contributed by atoms with Crippen molar-refractivity contribution in [2.24, 2.45) is 7.05 Å². The Morgan fingerprint density at radius 1 is 1.50 bits per heavy atom. The summed E-state index contributed by atoms with van der Waals surface area (Å²) in [5.74, 6) is 0. The van der Waals surface area contributed by atoms with E-state index in [0.29, 0.717) is 5.56 Å². The van der Waals surface area contributed by atoms with Crippen molar-refractivity contribution in [1.82, 2.24) is 4.57 Å². The fourth-order valence-electron chi connectivity index (χ4n) is 1.15. The molecule has 0 fully saturated rings. The van der Waals surface area contributed by atoms with Gasteiger partial charge in [0.05, 0.1) is 5.69 Å². The van der Waals surface area contributed by atoms with E-state index in [1.165, 1.54) is 23.9 Å². The van der Waals surface area contributed by atoms with Crippen molar-refractivity contribution in [3.05, 3.63) is 28.2 Å². The highest BCUT2D eigenvalue weighted by atomic mass is 19.4. The number of hydrogen-bond donors (Lipinski definition) is 1. The Kier molecular flexibility index (Phi) is 4.00. The molecule has 1 rings (SSSR count). The van der Waals surface area contributed by atoms with Gasteiger partial charge in [-0.25, -0.2) is 4.79 Å². The number of carbonyl (C=O) groups excluding carboxylic acids is 1. The third kappa shape index (κ3) is 4.11. The number of aromatic nitrogens is 1. The van der Waals surface area contributed by atoms with E-state index in [1.807, 2.05) is 0 Å². The van der Waals surface area contributed by atoms with Crippen LogP contribution in [0, 0.1) is 6.92 Å². The fraction of sp³-hybridized carbons (Fsp3) is 0.400. The molecule has 0 aliphatic heterocycles. The summed E-state index contributed by atoms with van der Waals surface area (Å²) in [6.45, 7) is -0.121. The summed E-state index contributed by atoms with van der Waals surface area (Å²) in [6, 6.07) is 1.25. The Hall–Kier alpha value is -1.99. The van der Waals surface area contributed by atoms with Gasteiger partial charge in [-0.15, -0.1) is 0 Å². The minimum Gasteiger partial charge on any atom is -0.440 e. The van der Waals surface area contributed by atoms with Gasteiger partial charge in [-0.2, -0.15) is 13.2 Å². The lowest BCUT2D eigenvalue weighted by Crippen LogP contribution is -2.24. The van der Waals surface area contributed by atoms with Crippen LogP contribution in [0.3, 0.4) is 0 Å². The molecule has 0 saturated carbocycles. The maximum absolute atomic E-state index is 11.8. The van der Waals surface area contributed by atoms with Gasteiger partial charge >= 0.3 is 12.3 Å². The molecule has 0 atom stereocenters. The normalized spacial score (nSPS) is 11.2. The van der Waals surface area contributed by atoms with Gasteiger partial charge in [-0.3, -0.25) is 10.1 Å². The number of pyridine rings is 1. The summed E-state index contributed by atoms with van der Waals surface area (Å²) < 4.78 is 40.6. The number of amides is 1. The van der Waals surface area contributed by atoms with Gasteiger partial charge in [-0.1, -0.05) is 0 Å². The molecule has 0 bridgehead atoms. The van der Waals surface area contributed by atoms with Crippen LogP contribution < -0.4 is 10.9 Å². The van der Waals surface area contributed by atoms with Gasteiger partial charge in [0, 0.05) is 19.3 Å². The fourth-order valence-corrected chi connectivity index (χ4v) is 1.15. The van der Waals surface area contributed by atoms with Gasteiger partial charge in [0.1, 0.15) is 0 Å². The van der Waals surface area contributed by atoms with Crippen molar-refractivity contribution < 1.29 is 22.7 Å². The predicted octanol–water partition coefficient (Wildman–Crippen LogP) is 1.80. The number of nitrogens with one attached hydrogen (secondary N) is 1. The molecule has 5 nitrogen and oxygen atoms in total. The lowest BCUT2D eigenvalue weighted by Gasteiger charge is -2.11. The number of anilines is 1. The van der Waals surface area contributed by atoms with Crippen molar-refractivity contribution in [2.75, 3.05) is 11.9 Å². The molecule has 0 aliphatic rings. The molecule has 0 aliphatic carbocycles. The standard InChI is InChI=1S/C10H11F3N2O3/c1-6-3-8(16)15(2)4-7(6)14-9(17)18-5-10(11,12)13/h3-4H,5H2,1-2H3,(H,14,17). The van der Waals surface area contributed by atoms with Crippen molar-refractivity contribution in [2.45, 2.75) is 13.1 Å². The second-order valence-electron chi connectivity index (χ2n) is 3.64. The molecule has 100 valence electrons. The summed E-state index contributed by atoms with van der Waals surface area (Å²) in [7, 11) is 1.45. The van der Waals surface area contributed by atoms with Crippen molar-refractivity contribution in [3.63, 3.8) is 0 Å². The van der Waals surface area contributed by atoms with Gasteiger partial charge < -0.3 is 9.30 Å². The largest absolute Gasteiger partial charge is 0.440 e. The Bertz CT molecular complexity index is 508. The zero-order chi connectivity index (χ0) is 13.9. The highest BCUT2D eigenvalue weighted by Gasteiger charge is 2.29. The van der Waals surface area contributed by atoms with Crippen molar-refractivity contribution in [1.29, 1.82) is 0 Å². The van der Waals surface area contributed by atoms with E-state index < -0.39 is 18.9 Å². The lowest BCUT2D eigenvalue weighted by molar-refractivity contribution is -0.159.